The van der Waals surface area contributed by atoms with Gasteiger partial charge in [0.2, 0.25) is 5.91 Å². The SMILES string of the molecule is CC(C)(CC#N)OC(=O)NCC(=O)N[C@@H](Cc1c[nH]c2ccccc12)C(=O)O. The first-order chi connectivity index (χ1) is 13.2. The van der Waals surface area contributed by atoms with Gasteiger partial charge in [0.25, 0.3) is 0 Å². The molecule has 0 aliphatic rings. The highest BCUT2D eigenvalue weighted by atomic mass is 16.6. The quantitative estimate of drug-likeness (QED) is 0.543. The van der Waals surface area contributed by atoms with Crippen LogP contribution in [0.3, 0.4) is 0 Å². The van der Waals surface area contributed by atoms with Crippen LogP contribution in [-0.4, -0.2) is 46.2 Å². The molecule has 9 nitrogen and oxygen atoms in total. The number of hydrogen-bond acceptors (Lipinski definition) is 5. The number of nitrogens with zero attached hydrogens (tertiary/aromatic N) is 1. The van der Waals surface area contributed by atoms with E-state index in [1.54, 1.807) is 20.0 Å². The van der Waals surface area contributed by atoms with Crippen molar-refractivity contribution in [1.29, 1.82) is 5.26 Å². The Hall–Kier alpha value is -3.54. The number of benzene rings is 1. The third-order valence-electron chi connectivity index (χ3n) is 4.00. The Kier molecular flexibility index (Phi) is 6.60. The maximum Gasteiger partial charge on any atom is 0.408 e. The molecule has 0 fully saturated rings. The van der Waals surface area contributed by atoms with Crippen molar-refractivity contribution < 1.29 is 24.2 Å². The number of fused-ring (bicyclic) bond motifs is 1. The monoisotopic (exact) mass is 386 g/mol. The maximum atomic E-state index is 12.0. The molecule has 4 N–H and O–H groups in total. The van der Waals surface area contributed by atoms with E-state index in [2.05, 4.69) is 15.6 Å². The molecule has 9 heteroatoms. The van der Waals surface area contributed by atoms with Crippen LogP contribution in [0.4, 0.5) is 4.79 Å². The number of carbonyl (C=O) groups is 3. The lowest BCUT2D eigenvalue weighted by Crippen LogP contribution is -2.47. The number of aromatic nitrogens is 1. The molecule has 0 radical (unpaired) electrons. The first-order valence-corrected chi connectivity index (χ1v) is 8.63. The average molecular weight is 386 g/mol. The van der Waals surface area contributed by atoms with E-state index in [9.17, 15) is 19.5 Å². The van der Waals surface area contributed by atoms with Crippen molar-refractivity contribution >= 4 is 28.9 Å². The van der Waals surface area contributed by atoms with E-state index in [-0.39, 0.29) is 12.8 Å². The molecule has 1 heterocycles. The number of H-pyrrole nitrogens is 1. The molecule has 28 heavy (non-hydrogen) atoms. The fourth-order valence-corrected chi connectivity index (χ4v) is 2.63. The highest BCUT2D eigenvalue weighted by molar-refractivity contribution is 5.88. The summed E-state index contributed by atoms with van der Waals surface area (Å²) in [7, 11) is 0. The van der Waals surface area contributed by atoms with Crippen molar-refractivity contribution in [2.24, 2.45) is 0 Å². The van der Waals surface area contributed by atoms with Crippen LogP contribution in [0, 0.1) is 11.3 Å². The number of hydrogen-bond donors (Lipinski definition) is 4. The molecule has 0 bridgehead atoms. The highest BCUT2D eigenvalue weighted by Gasteiger charge is 2.24. The molecule has 0 spiro atoms. The summed E-state index contributed by atoms with van der Waals surface area (Å²) >= 11 is 0. The van der Waals surface area contributed by atoms with Crippen molar-refractivity contribution in [2.75, 3.05) is 6.54 Å². The van der Waals surface area contributed by atoms with Gasteiger partial charge in [0.05, 0.1) is 12.5 Å². The topological polar surface area (TPSA) is 144 Å². The van der Waals surface area contributed by atoms with Gasteiger partial charge in [-0.25, -0.2) is 9.59 Å². The van der Waals surface area contributed by atoms with Gasteiger partial charge in [-0.2, -0.15) is 5.26 Å². The van der Waals surface area contributed by atoms with E-state index in [4.69, 9.17) is 10.00 Å². The number of aromatic amines is 1. The number of rotatable bonds is 8. The molecule has 2 amide bonds. The van der Waals surface area contributed by atoms with E-state index < -0.39 is 36.2 Å². The molecule has 1 atom stereocenters. The van der Waals surface area contributed by atoms with Crippen molar-refractivity contribution in [2.45, 2.75) is 38.3 Å². The molecule has 0 saturated heterocycles. The number of alkyl carbamates (subject to hydrolysis) is 1. The minimum Gasteiger partial charge on any atom is -0.480 e. The molecule has 0 unspecified atom stereocenters. The summed E-state index contributed by atoms with van der Waals surface area (Å²) in [4.78, 5) is 38.3. The van der Waals surface area contributed by atoms with Crippen LogP contribution in [0.5, 0.6) is 0 Å². The largest absolute Gasteiger partial charge is 0.480 e. The van der Waals surface area contributed by atoms with Crippen LogP contribution in [-0.2, 0) is 20.7 Å². The lowest BCUT2D eigenvalue weighted by atomic mass is 10.1. The molecule has 2 aromatic rings. The number of nitrogens with one attached hydrogen (secondary N) is 3. The zero-order valence-electron chi connectivity index (χ0n) is 15.6. The summed E-state index contributed by atoms with van der Waals surface area (Å²) < 4.78 is 5.04. The van der Waals surface area contributed by atoms with Gasteiger partial charge >= 0.3 is 12.1 Å². The van der Waals surface area contributed by atoms with Gasteiger partial charge < -0.3 is 25.5 Å². The summed E-state index contributed by atoms with van der Waals surface area (Å²) in [5.74, 6) is -1.85. The molecule has 2 rings (SSSR count). The second-order valence-corrected chi connectivity index (χ2v) is 6.86. The molecule has 1 aromatic carbocycles. The molecule has 148 valence electrons. The Labute approximate surface area is 161 Å². The highest BCUT2D eigenvalue weighted by Crippen LogP contribution is 2.19. The molecular weight excluding hydrogens is 364 g/mol. The van der Waals surface area contributed by atoms with Gasteiger partial charge in [-0.05, 0) is 25.5 Å². The van der Waals surface area contributed by atoms with E-state index >= 15 is 0 Å². The van der Waals surface area contributed by atoms with E-state index in [1.165, 1.54) is 0 Å². The predicted octanol–water partition coefficient (Wildman–Crippen LogP) is 1.70. The van der Waals surface area contributed by atoms with E-state index in [0.29, 0.717) is 0 Å². The Morgan fingerprint density at radius 3 is 2.71 bits per heavy atom. The molecule has 0 aliphatic carbocycles. The second-order valence-electron chi connectivity index (χ2n) is 6.86. The number of nitriles is 1. The van der Waals surface area contributed by atoms with Crippen molar-refractivity contribution in [3.05, 3.63) is 36.0 Å². The number of aliphatic carboxylic acids is 1. The lowest BCUT2D eigenvalue weighted by molar-refractivity contribution is -0.141. The Bertz CT molecular complexity index is 912. The predicted molar refractivity (Wildman–Crippen MR) is 100 cm³/mol. The Morgan fingerprint density at radius 1 is 1.32 bits per heavy atom. The molecule has 0 saturated carbocycles. The van der Waals surface area contributed by atoms with Crippen molar-refractivity contribution in [3.63, 3.8) is 0 Å². The minimum atomic E-state index is -1.18. The van der Waals surface area contributed by atoms with Crippen molar-refractivity contribution in [3.8, 4) is 6.07 Å². The first-order valence-electron chi connectivity index (χ1n) is 8.63. The summed E-state index contributed by atoms with van der Waals surface area (Å²) in [5, 5.41) is 23.6. The van der Waals surface area contributed by atoms with Crippen LogP contribution in [0.2, 0.25) is 0 Å². The minimum absolute atomic E-state index is 0.00166. The van der Waals surface area contributed by atoms with Crippen LogP contribution in [0.1, 0.15) is 25.8 Å². The van der Waals surface area contributed by atoms with Gasteiger partial charge in [0, 0.05) is 23.5 Å². The zero-order chi connectivity index (χ0) is 20.7. The fourth-order valence-electron chi connectivity index (χ4n) is 2.63. The Morgan fingerprint density at radius 2 is 2.04 bits per heavy atom. The van der Waals surface area contributed by atoms with Gasteiger partial charge in [-0.3, -0.25) is 4.79 Å². The van der Waals surface area contributed by atoms with Crippen LogP contribution in [0.15, 0.2) is 30.5 Å². The fraction of sp³-hybridized carbons (Fsp3) is 0.368. The summed E-state index contributed by atoms with van der Waals surface area (Å²) in [6.07, 6.45) is 0.932. The van der Waals surface area contributed by atoms with Gasteiger partial charge in [-0.15, -0.1) is 0 Å². The van der Waals surface area contributed by atoms with Gasteiger partial charge in [-0.1, -0.05) is 18.2 Å². The number of para-hydroxylation sites is 1. The smallest absolute Gasteiger partial charge is 0.408 e. The third-order valence-corrected chi connectivity index (χ3v) is 4.00. The van der Waals surface area contributed by atoms with Crippen LogP contribution in [0.25, 0.3) is 10.9 Å². The van der Waals surface area contributed by atoms with Gasteiger partial charge in [0.1, 0.15) is 18.2 Å². The lowest BCUT2D eigenvalue weighted by Gasteiger charge is -2.22. The third kappa shape index (κ3) is 5.74. The number of carboxylic acid groups (broad SMARTS) is 1. The number of ether oxygens (including phenoxy) is 1. The van der Waals surface area contributed by atoms with Gasteiger partial charge in [0.15, 0.2) is 0 Å². The number of amides is 2. The Balaban J connectivity index is 1.91. The summed E-state index contributed by atoms with van der Waals surface area (Å²) in [6.45, 7) is 2.69. The number of carboxylic acids is 1. The summed E-state index contributed by atoms with van der Waals surface area (Å²) in [6, 6.07) is 8.19. The van der Waals surface area contributed by atoms with Crippen LogP contribution < -0.4 is 10.6 Å². The molecular formula is C19H22N4O5. The second kappa shape index (κ2) is 8.90. The maximum absolute atomic E-state index is 12.0. The number of carbonyl (C=O) groups excluding carboxylic acids is 2. The molecule has 1 aromatic heterocycles. The average Bonchev–Trinajstić information content (AvgIpc) is 3.02. The first kappa shape index (κ1) is 20.8. The van der Waals surface area contributed by atoms with E-state index in [1.807, 2.05) is 30.3 Å². The summed E-state index contributed by atoms with van der Waals surface area (Å²) in [5.41, 5.74) is 0.639. The normalized spacial score (nSPS) is 12.0. The van der Waals surface area contributed by atoms with Crippen LogP contribution >= 0.6 is 0 Å². The van der Waals surface area contributed by atoms with E-state index in [0.717, 1.165) is 16.5 Å². The molecule has 0 aliphatic heterocycles. The van der Waals surface area contributed by atoms with Crippen molar-refractivity contribution in [1.82, 2.24) is 15.6 Å². The standard InChI is InChI=1S/C19H22N4O5/c1-19(2,7-8-20)28-18(27)22-11-16(24)23-15(17(25)26)9-12-10-21-14-6-4-3-5-13(12)14/h3-6,10,15,21H,7,9,11H2,1-2H3,(H,22,27)(H,23,24)(H,25,26)/t15-/m0/s1. The zero-order valence-corrected chi connectivity index (χ0v) is 15.6.